The molecule has 1 aromatic heterocycles. The number of carbonyl (C=O) groups is 5. The molecule has 10 heteroatoms. The van der Waals surface area contributed by atoms with Gasteiger partial charge in [0.05, 0.1) is 23.9 Å². The lowest BCUT2D eigenvalue weighted by Gasteiger charge is -2.27. The third kappa shape index (κ3) is 4.80. The fourth-order valence-corrected chi connectivity index (χ4v) is 3.15. The Morgan fingerprint density at radius 1 is 1.03 bits per heavy atom. The van der Waals surface area contributed by atoms with Crippen LogP contribution in [-0.4, -0.2) is 47.3 Å². The van der Waals surface area contributed by atoms with Crippen molar-refractivity contribution < 1.29 is 33.1 Å². The number of nitrogens with one attached hydrogen (secondary N) is 2. The maximum atomic E-state index is 12.7. The quantitative estimate of drug-likeness (QED) is 0.505. The molecular weight excluding hydrogens is 406 g/mol. The van der Waals surface area contributed by atoms with Crippen LogP contribution in [0.1, 0.15) is 40.3 Å². The van der Waals surface area contributed by atoms with Crippen molar-refractivity contribution in [3.8, 4) is 0 Å². The number of nitrogens with zero attached hydrogens (tertiary/aromatic N) is 1. The molecular formula is C21H21N3O7. The van der Waals surface area contributed by atoms with Crippen LogP contribution >= 0.6 is 0 Å². The number of furan rings is 1. The highest BCUT2D eigenvalue weighted by Gasteiger charge is 2.44. The molecule has 3 rings (SSSR count). The number of benzene rings is 1. The number of fused-ring (bicyclic) bond motifs is 1. The molecule has 0 unspecified atom stereocenters. The van der Waals surface area contributed by atoms with Crippen LogP contribution in [0.25, 0.3) is 0 Å². The van der Waals surface area contributed by atoms with Gasteiger partial charge in [0, 0.05) is 0 Å². The molecule has 1 atom stereocenters. The topological polar surface area (TPSA) is 135 Å². The Morgan fingerprint density at radius 2 is 1.68 bits per heavy atom. The summed E-state index contributed by atoms with van der Waals surface area (Å²) >= 11 is 0. The molecule has 1 aromatic carbocycles. The molecule has 10 nitrogen and oxygen atoms in total. The summed E-state index contributed by atoms with van der Waals surface area (Å²) in [7, 11) is 0. The SMILES string of the molecule is CC(C)[C@@H](C(=O)OCC(=O)NC(=O)NCc1ccco1)N1C(=O)c2ccccc2C1=O. The zero-order chi connectivity index (χ0) is 22.5. The van der Waals surface area contributed by atoms with Gasteiger partial charge in [-0.2, -0.15) is 0 Å². The monoisotopic (exact) mass is 427 g/mol. The van der Waals surface area contributed by atoms with Gasteiger partial charge in [0.25, 0.3) is 17.7 Å². The van der Waals surface area contributed by atoms with Gasteiger partial charge in [-0.3, -0.25) is 24.6 Å². The molecule has 0 fully saturated rings. The van der Waals surface area contributed by atoms with Crippen molar-refractivity contribution in [2.24, 2.45) is 5.92 Å². The first-order chi connectivity index (χ1) is 14.8. The van der Waals surface area contributed by atoms with Gasteiger partial charge in [0.1, 0.15) is 11.8 Å². The van der Waals surface area contributed by atoms with E-state index in [0.717, 1.165) is 4.90 Å². The molecule has 5 amide bonds. The highest BCUT2D eigenvalue weighted by atomic mass is 16.5. The summed E-state index contributed by atoms with van der Waals surface area (Å²) in [6.45, 7) is 2.62. The average molecular weight is 427 g/mol. The maximum Gasteiger partial charge on any atom is 0.330 e. The van der Waals surface area contributed by atoms with Crippen LogP contribution in [-0.2, 0) is 20.9 Å². The lowest BCUT2D eigenvalue weighted by molar-refractivity contribution is -0.153. The van der Waals surface area contributed by atoms with Crippen molar-refractivity contribution in [1.82, 2.24) is 15.5 Å². The zero-order valence-electron chi connectivity index (χ0n) is 16.9. The molecule has 31 heavy (non-hydrogen) atoms. The Bertz CT molecular complexity index is 979. The minimum absolute atomic E-state index is 0.0705. The van der Waals surface area contributed by atoms with Crippen LogP contribution in [0.4, 0.5) is 4.79 Å². The molecule has 2 aromatic rings. The largest absolute Gasteiger partial charge is 0.467 e. The molecule has 0 spiro atoms. The second-order valence-corrected chi connectivity index (χ2v) is 7.13. The summed E-state index contributed by atoms with van der Waals surface area (Å²) in [5, 5.41) is 4.42. The Balaban J connectivity index is 1.56. The predicted octanol–water partition coefficient (Wildman–Crippen LogP) is 1.47. The molecule has 0 aliphatic carbocycles. The van der Waals surface area contributed by atoms with Gasteiger partial charge in [-0.15, -0.1) is 0 Å². The van der Waals surface area contributed by atoms with E-state index in [0.29, 0.717) is 5.76 Å². The van der Waals surface area contributed by atoms with Crippen molar-refractivity contribution in [1.29, 1.82) is 0 Å². The Morgan fingerprint density at radius 3 is 2.23 bits per heavy atom. The normalized spacial score (nSPS) is 13.7. The predicted molar refractivity (Wildman–Crippen MR) is 106 cm³/mol. The second-order valence-electron chi connectivity index (χ2n) is 7.13. The minimum Gasteiger partial charge on any atom is -0.467 e. The Kier molecular flexibility index (Phi) is 6.49. The first kappa shape index (κ1) is 21.8. The molecule has 1 aliphatic rings. The molecule has 162 valence electrons. The average Bonchev–Trinajstić information content (AvgIpc) is 3.34. The lowest BCUT2D eigenvalue weighted by Crippen LogP contribution is -2.49. The van der Waals surface area contributed by atoms with Crippen molar-refractivity contribution in [2.75, 3.05) is 6.61 Å². The Labute approximate surface area is 177 Å². The van der Waals surface area contributed by atoms with E-state index in [2.05, 4.69) is 5.32 Å². The molecule has 0 saturated carbocycles. The number of hydrogen-bond acceptors (Lipinski definition) is 7. The summed E-state index contributed by atoms with van der Waals surface area (Å²) < 4.78 is 10.0. The first-order valence-electron chi connectivity index (χ1n) is 9.53. The van der Waals surface area contributed by atoms with E-state index in [-0.39, 0.29) is 17.7 Å². The van der Waals surface area contributed by atoms with E-state index < -0.39 is 48.3 Å². The molecule has 0 saturated heterocycles. The number of amides is 5. The number of imide groups is 2. The number of urea groups is 1. The molecule has 0 radical (unpaired) electrons. The van der Waals surface area contributed by atoms with Gasteiger partial charge >= 0.3 is 12.0 Å². The van der Waals surface area contributed by atoms with Crippen LogP contribution in [0.15, 0.2) is 47.1 Å². The number of rotatable bonds is 7. The summed E-state index contributed by atoms with van der Waals surface area (Å²) in [5.74, 6) is -2.95. The highest BCUT2D eigenvalue weighted by molar-refractivity contribution is 6.22. The van der Waals surface area contributed by atoms with Crippen LogP contribution in [0, 0.1) is 5.92 Å². The Hall–Kier alpha value is -3.95. The summed E-state index contributed by atoms with van der Waals surface area (Å²) in [4.78, 5) is 62.5. The smallest absolute Gasteiger partial charge is 0.330 e. The standard InChI is InChI=1S/C21H21N3O7/c1-12(2)17(24-18(26)14-7-3-4-8-15(14)19(24)27)20(28)31-11-16(25)23-21(29)22-10-13-6-5-9-30-13/h3-9,12,17H,10-11H2,1-2H3,(H2,22,23,25,29)/t17-/m0/s1. The minimum atomic E-state index is -1.21. The van der Waals surface area contributed by atoms with Crippen molar-refractivity contribution in [2.45, 2.75) is 26.4 Å². The summed E-state index contributed by atoms with van der Waals surface area (Å²) in [6.07, 6.45) is 1.44. The van der Waals surface area contributed by atoms with Gasteiger partial charge in [-0.05, 0) is 30.2 Å². The number of hydrogen-bond donors (Lipinski definition) is 2. The van der Waals surface area contributed by atoms with Gasteiger partial charge in [0.15, 0.2) is 6.61 Å². The lowest BCUT2D eigenvalue weighted by atomic mass is 10.0. The van der Waals surface area contributed by atoms with E-state index >= 15 is 0 Å². The van der Waals surface area contributed by atoms with E-state index in [9.17, 15) is 24.0 Å². The first-order valence-corrected chi connectivity index (χ1v) is 9.53. The van der Waals surface area contributed by atoms with Gasteiger partial charge in [-0.25, -0.2) is 9.59 Å². The molecule has 2 N–H and O–H groups in total. The van der Waals surface area contributed by atoms with Crippen molar-refractivity contribution in [3.05, 3.63) is 59.5 Å². The van der Waals surface area contributed by atoms with Crippen molar-refractivity contribution >= 4 is 29.7 Å². The van der Waals surface area contributed by atoms with Gasteiger partial charge < -0.3 is 14.5 Å². The van der Waals surface area contributed by atoms with E-state index in [1.807, 2.05) is 5.32 Å². The summed E-state index contributed by atoms with van der Waals surface area (Å²) in [6, 6.07) is 7.55. The van der Waals surface area contributed by atoms with E-state index in [1.165, 1.54) is 18.4 Å². The van der Waals surface area contributed by atoms with Crippen LogP contribution in [0.3, 0.4) is 0 Å². The van der Waals surface area contributed by atoms with Crippen LogP contribution in [0.2, 0.25) is 0 Å². The number of carbonyl (C=O) groups excluding carboxylic acids is 5. The molecule has 0 bridgehead atoms. The zero-order valence-corrected chi connectivity index (χ0v) is 16.9. The fraction of sp³-hybridized carbons (Fsp3) is 0.286. The third-order valence-electron chi connectivity index (χ3n) is 4.58. The molecule has 1 aliphatic heterocycles. The maximum absolute atomic E-state index is 12.7. The van der Waals surface area contributed by atoms with Gasteiger partial charge in [0.2, 0.25) is 0 Å². The third-order valence-corrected chi connectivity index (χ3v) is 4.58. The number of esters is 1. The summed E-state index contributed by atoms with van der Waals surface area (Å²) in [5.41, 5.74) is 0.411. The molecule has 2 heterocycles. The van der Waals surface area contributed by atoms with Gasteiger partial charge in [-0.1, -0.05) is 26.0 Å². The second kappa shape index (κ2) is 9.24. The van der Waals surface area contributed by atoms with E-state index in [4.69, 9.17) is 9.15 Å². The van der Waals surface area contributed by atoms with Crippen LogP contribution in [0.5, 0.6) is 0 Å². The number of ether oxygens (including phenoxy) is 1. The van der Waals surface area contributed by atoms with E-state index in [1.54, 1.807) is 38.1 Å². The highest BCUT2D eigenvalue weighted by Crippen LogP contribution is 2.27. The van der Waals surface area contributed by atoms with Crippen LogP contribution < -0.4 is 10.6 Å². The van der Waals surface area contributed by atoms with Crippen molar-refractivity contribution in [3.63, 3.8) is 0 Å². The fourth-order valence-electron chi connectivity index (χ4n) is 3.15.